The molecule has 2 rings (SSSR count). The first-order chi connectivity index (χ1) is 9.37. The maximum absolute atomic E-state index is 12.5. The molecule has 0 aromatic carbocycles. The maximum Gasteiger partial charge on any atom is 0.320 e. The Hall–Kier alpha value is -1.30. The third kappa shape index (κ3) is 3.85. The number of ether oxygens (including phenoxy) is 1. The van der Waals surface area contributed by atoms with Crippen LogP contribution < -0.4 is 0 Å². The molecule has 2 amide bonds. The van der Waals surface area contributed by atoms with E-state index in [1.165, 1.54) is 0 Å². The van der Waals surface area contributed by atoms with Crippen LogP contribution in [0, 0.1) is 5.92 Å². The summed E-state index contributed by atoms with van der Waals surface area (Å²) in [6.45, 7) is 7.23. The van der Waals surface area contributed by atoms with Gasteiger partial charge in [-0.2, -0.15) is 0 Å². The first-order valence-corrected chi connectivity index (χ1v) is 7.27. The molecular formula is C14H24N2O4. The van der Waals surface area contributed by atoms with E-state index in [1.54, 1.807) is 0 Å². The third-order valence-corrected chi connectivity index (χ3v) is 4.02. The van der Waals surface area contributed by atoms with Gasteiger partial charge in [-0.1, -0.05) is 0 Å². The van der Waals surface area contributed by atoms with Gasteiger partial charge in [0.1, 0.15) is 0 Å². The van der Waals surface area contributed by atoms with Crippen molar-refractivity contribution < 1.29 is 19.4 Å². The number of carbonyl (C=O) groups excluding carboxylic acids is 1. The van der Waals surface area contributed by atoms with Crippen molar-refractivity contribution in [1.29, 1.82) is 0 Å². The lowest BCUT2D eigenvalue weighted by atomic mass is 10.0. The molecule has 2 aliphatic rings. The van der Waals surface area contributed by atoms with Crippen LogP contribution in [-0.4, -0.2) is 65.3 Å². The topological polar surface area (TPSA) is 70.1 Å². The Kier molecular flexibility index (Phi) is 4.52. The molecule has 2 heterocycles. The van der Waals surface area contributed by atoms with Crippen LogP contribution in [0.2, 0.25) is 0 Å². The second-order valence-corrected chi connectivity index (χ2v) is 6.35. The summed E-state index contributed by atoms with van der Waals surface area (Å²) in [5.74, 6) is -0.436. The lowest BCUT2D eigenvalue weighted by Crippen LogP contribution is -2.54. The van der Waals surface area contributed by atoms with Crippen LogP contribution >= 0.6 is 0 Å². The van der Waals surface area contributed by atoms with Crippen LogP contribution in [0.3, 0.4) is 0 Å². The van der Waals surface area contributed by atoms with E-state index in [-0.39, 0.29) is 18.1 Å². The minimum atomic E-state index is -0.760. The Labute approximate surface area is 119 Å². The Balaban J connectivity index is 1.83. The molecule has 0 radical (unpaired) electrons. The molecule has 6 nitrogen and oxygen atoms in total. The van der Waals surface area contributed by atoms with Gasteiger partial charge in [0.15, 0.2) is 0 Å². The van der Waals surface area contributed by atoms with Gasteiger partial charge < -0.3 is 19.6 Å². The van der Waals surface area contributed by atoms with Crippen LogP contribution in [0.25, 0.3) is 0 Å². The molecule has 0 bridgehead atoms. The molecule has 1 N–H and O–H groups in total. The van der Waals surface area contributed by atoms with E-state index < -0.39 is 5.97 Å². The van der Waals surface area contributed by atoms with Crippen molar-refractivity contribution in [3.8, 4) is 0 Å². The SMILES string of the molecule is CC1(C)CN(C(=O)N2CCC(CCC(=O)O)C2)CCO1. The number of amides is 2. The van der Waals surface area contributed by atoms with E-state index in [0.29, 0.717) is 38.6 Å². The highest BCUT2D eigenvalue weighted by Crippen LogP contribution is 2.24. The summed E-state index contributed by atoms with van der Waals surface area (Å²) in [5.41, 5.74) is -0.281. The van der Waals surface area contributed by atoms with E-state index in [0.717, 1.165) is 13.0 Å². The summed E-state index contributed by atoms with van der Waals surface area (Å²) in [6.07, 6.45) is 1.76. The highest BCUT2D eigenvalue weighted by Gasteiger charge is 2.34. The summed E-state index contributed by atoms with van der Waals surface area (Å²) < 4.78 is 5.62. The molecule has 1 atom stereocenters. The zero-order valence-corrected chi connectivity index (χ0v) is 12.3. The van der Waals surface area contributed by atoms with Crippen LogP contribution in [0.5, 0.6) is 0 Å². The Morgan fingerprint density at radius 2 is 2.05 bits per heavy atom. The molecule has 0 aromatic rings. The summed E-state index contributed by atoms with van der Waals surface area (Å²) in [4.78, 5) is 26.7. The number of hydrogen-bond donors (Lipinski definition) is 1. The summed E-state index contributed by atoms with van der Waals surface area (Å²) in [7, 11) is 0. The van der Waals surface area contributed by atoms with E-state index >= 15 is 0 Å². The molecule has 2 aliphatic heterocycles. The van der Waals surface area contributed by atoms with Crippen LogP contribution in [0.15, 0.2) is 0 Å². The lowest BCUT2D eigenvalue weighted by molar-refractivity contribution is -0.137. The molecule has 1 unspecified atom stereocenters. The number of aliphatic carboxylic acids is 1. The summed E-state index contributed by atoms with van der Waals surface area (Å²) in [5, 5.41) is 8.71. The highest BCUT2D eigenvalue weighted by atomic mass is 16.5. The van der Waals surface area contributed by atoms with E-state index in [1.807, 2.05) is 23.6 Å². The van der Waals surface area contributed by atoms with Crippen molar-refractivity contribution in [3.63, 3.8) is 0 Å². The van der Waals surface area contributed by atoms with Gasteiger partial charge >= 0.3 is 12.0 Å². The molecule has 20 heavy (non-hydrogen) atoms. The molecule has 6 heteroatoms. The van der Waals surface area contributed by atoms with E-state index in [2.05, 4.69) is 0 Å². The zero-order chi connectivity index (χ0) is 14.8. The average molecular weight is 284 g/mol. The molecule has 2 fully saturated rings. The van der Waals surface area contributed by atoms with Gasteiger partial charge in [0.2, 0.25) is 0 Å². The summed E-state index contributed by atoms with van der Waals surface area (Å²) in [6, 6.07) is 0.0687. The monoisotopic (exact) mass is 284 g/mol. The molecule has 114 valence electrons. The zero-order valence-electron chi connectivity index (χ0n) is 12.3. The fourth-order valence-electron chi connectivity index (χ4n) is 2.95. The van der Waals surface area contributed by atoms with Crippen molar-refractivity contribution in [2.75, 3.05) is 32.8 Å². The van der Waals surface area contributed by atoms with Gasteiger partial charge in [-0.25, -0.2) is 4.79 Å². The van der Waals surface area contributed by atoms with E-state index in [4.69, 9.17) is 9.84 Å². The standard InChI is InChI=1S/C14H24N2O4/c1-14(2)10-16(7-8-20-14)13(19)15-6-5-11(9-15)3-4-12(17)18/h11H,3-10H2,1-2H3,(H,17,18). The highest BCUT2D eigenvalue weighted by molar-refractivity contribution is 5.75. The average Bonchev–Trinajstić information content (AvgIpc) is 2.83. The van der Waals surface area contributed by atoms with Crippen molar-refractivity contribution in [2.45, 2.75) is 38.7 Å². The Morgan fingerprint density at radius 1 is 1.30 bits per heavy atom. The maximum atomic E-state index is 12.5. The first-order valence-electron chi connectivity index (χ1n) is 7.27. The van der Waals surface area contributed by atoms with Gasteiger partial charge in [0.05, 0.1) is 18.8 Å². The number of urea groups is 1. The molecule has 2 saturated heterocycles. The van der Waals surface area contributed by atoms with Crippen molar-refractivity contribution in [1.82, 2.24) is 9.80 Å². The smallest absolute Gasteiger partial charge is 0.320 e. The number of morpholine rings is 1. The molecular weight excluding hydrogens is 260 g/mol. The second-order valence-electron chi connectivity index (χ2n) is 6.35. The fourth-order valence-corrected chi connectivity index (χ4v) is 2.95. The molecule has 0 aliphatic carbocycles. The third-order valence-electron chi connectivity index (χ3n) is 4.02. The minimum Gasteiger partial charge on any atom is -0.481 e. The van der Waals surface area contributed by atoms with Gasteiger partial charge in [0.25, 0.3) is 0 Å². The number of carboxylic acids is 1. The van der Waals surface area contributed by atoms with Crippen LogP contribution in [-0.2, 0) is 9.53 Å². The predicted octanol–water partition coefficient (Wildman–Crippen LogP) is 1.40. The van der Waals surface area contributed by atoms with Gasteiger partial charge in [0, 0.05) is 26.1 Å². The number of carbonyl (C=O) groups is 2. The van der Waals surface area contributed by atoms with Crippen molar-refractivity contribution in [3.05, 3.63) is 0 Å². The number of carboxylic acid groups (broad SMARTS) is 1. The second kappa shape index (κ2) is 5.99. The van der Waals surface area contributed by atoms with Gasteiger partial charge in [-0.15, -0.1) is 0 Å². The Bertz CT molecular complexity index is 383. The fraction of sp³-hybridized carbons (Fsp3) is 0.857. The first kappa shape index (κ1) is 15.1. The quantitative estimate of drug-likeness (QED) is 0.850. The number of rotatable bonds is 3. The van der Waals surface area contributed by atoms with Crippen molar-refractivity contribution >= 4 is 12.0 Å². The van der Waals surface area contributed by atoms with Crippen LogP contribution in [0.1, 0.15) is 33.1 Å². The summed E-state index contributed by atoms with van der Waals surface area (Å²) >= 11 is 0. The van der Waals surface area contributed by atoms with Crippen molar-refractivity contribution in [2.24, 2.45) is 5.92 Å². The lowest BCUT2D eigenvalue weighted by Gasteiger charge is -2.39. The van der Waals surface area contributed by atoms with Gasteiger partial charge in [-0.05, 0) is 32.6 Å². The number of nitrogens with zero attached hydrogens (tertiary/aromatic N) is 2. The normalized spacial score (nSPS) is 25.8. The minimum absolute atomic E-state index is 0.0687. The molecule has 0 spiro atoms. The van der Waals surface area contributed by atoms with E-state index in [9.17, 15) is 9.59 Å². The van der Waals surface area contributed by atoms with Crippen LogP contribution in [0.4, 0.5) is 4.79 Å². The predicted molar refractivity (Wildman–Crippen MR) is 73.5 cm³/mol. The van der Waals surface area contributed by atoms with Gasteiger partial charge in [-0.3, -0.25) is 4.79 Å². The largest absolute Gasteiger partial charge is 0.481 e. The Morgan fingerprint density at radius 3 is 2.70 bits per heavy atom. The molecule has 0 aromatic heterocycles. The molecule has 0 saturated carbocycles. The number of hydrogen-bond acceptors (Lipinski definition) is 3. The number of likely N-dealkylation sites (tertiary alicyclic amines) is 1.